The van der Waals surface area contributed by atoms with E-state index in [1.165, 1.54) is 43.6 Å². The van der Waals surface area contributed by atoms with Gasteiger partial charge in [-0.25, -0.2) is 0 Å². The fourth-order valence-corrected chi connectivity index (χ4v) is 3.08. The molecule has 0 amide bonds. The van der Waals surface area contributed by atoms with Crippen LogP contribution in [-0.2, 0) is 6.54 Å². The predicted octanol–water partition coefficient (Wildman–Crippen LogP) is 1.72. The molecule has 2 bridgehead atoms. The highest BCUT2D eigenvalue weighted by molar-refractivity contribution is 5.18. The third-order valence-electron chi connectivity index (χ3n) is 4.12. The molecular formula is C14H21N3. The van der Waals surface area contributed by atoms with E-state index in [1.807, 2.05) is 12.3 Å². The van der Waals surface area contributed by atoms with Gasteiger partial charge in [-0.15, -0.1) is 0 Å². The molecule has 1 N–H and O–H groups in total. The summed E-state index contributed by atoms with van der Waals surface area (Å²) in [6, 6.07) is 5.75. The smallest absolute Gasteiger partial charge is 0.0417 e. The van der Waals surface area contributed by atoms with Gasteiger partial charge in [0.25, 0.3) is 0 Å². The summed E-state index contributed by atoms with van der Waals surface area (Å²) < 4.78 is 0. The van der Waals surface area contributed by atoms with E-state index in [0.29, 0.717) is 0 Å². The summed E-state index contributed by atoms with van der Waals surface area (Å²) in [5.74, 6) is 0. The number of nitrogens with one attached hydrogen (secondary N) is 1. The Morgan fingerprint density at radius 2 is 2.24 bits per heavy atom. The lowest BCUT2D eigenvalue weighted by atomic mass is 10.1. The van der Waals surface area contributed by atoms with Crippen molar-refractivity contribution >= 4 is 0 Å². The standard InChI is InChI=1S/C14H21N3/c1-11-12(3-2-7-15-11)9-17-8-6-13-4-5-14(10-17)16-13/h2-3,7,13-14,16H,4-6,8-10H2,1H3. The summed E-state index contributed by atoms with van der Waals surface area (Å²) in [6.07, 6.45) is 5.91. The van der Waals surface area contributed by atoms with Crippen LogP contribution in [0.15, 0.2) is 18.3 Å². The summed E-state index contributed by atoms with van der Waals surface area (Å²) >= 11 is 0. The van der Waals surface area contributed by atoms with Gasteiger partial charge in [0.1, 0.15) is 0 Å². The van der Waals surface area contributed by atoms with Crippen molar-refractivity contribution in [3.63, 3.8) is 0 Å². The van der Waals surface area contributed by atoms with E-state index in [4.69, 9.17) is 0 Å². The van der Waals surface area contributed by atoms with Gasteiger partial charge in [0, 0.05) is 43.6 Å². The third-order valence-corrected chi connectivity index (χ3v) is 4.12. The van der Waals surface area contributed by atoms with Gasteiger partial charge in [-0.1, -0.05) is 6.07 Å². The second kappa shape index (κ2) is 4.75. The quantitative estimate of drug-likeness (QED) is 0.840. The van der Waals surface area contributed by atoms with Gasteiger partial charge in [0.05, 0.1) is 0 Å². The van der Waals surface area contributed by atoms with E-state index >= 15 is 0 Å². The van der Waals surface area contributed by atoms with Crippen LogP contribution in [-0.4, -0.2) is 35.1 Å². The second-order valence-corrected chi connectivity index (χ2v) is 5.41. The van der Waals surface area contributed by atoms with Gasteiger partial charge in [-0.3, -0.25) is 9.88 Å². The summed E-state index contributed by atoms with van der Waals surface area (Å²) in [5, 5.41) is 3.73. The van der Waals surface area contributed by atoms with Crippen molar-refractivity contribution < 1.29 is 0 Å². The average Bonchev–Trinajstić information content (AvgIpc) is 2.65. The maximum atomic E-state index is 4.37. The molecule has 1 aromatic rings. The molecule has 2 fully saturated rings. The number of hydrogen-bond donors (Lipinski definition) is 1. The molecule has 3 heterocycles. The van der Waals surface area contributed by atoms with Crippen molar-refractivity contribution in [2.75, 3.05) is 13.1 Å². The molecule has 2 aliphatic rings. The first-order valence-corrected chi connectivity index (χ1v) is 6.70. The van der Waals surface area contributed by atoms with Gasteiger partial charge < -0.3 is 5.32 Å². The van der Waals surface area contributed by atoms with E-state index in [2.05, 4.69) is 28.2 Å². The van der Waals surface area contributed by atoms with Crippen molar-refractivity contribution in [2.45, 2.75) is 44.8 Å². The van der Waals surface area contributed by atoms with Crippen LogP contribution in [0.4, 0.5) is 0 Å². The van der Waals surface area contributed by atoms with Crippen LogP contribution in [0.25, 0.3) is 0 Å². The molecule has 1 aromatic heterocycles. The summed E-state index contributed by atoms with van der Waals surface area (Å²) in [5.41, 5.74) is 2.56. The molecular weight excluding hydrogens is 210 g/mol. The fourth-order valence-electron chi connectivity index (χ4n) is 3.08. The minimum absolute atomic E-state index is 0.722. The zero-order valence-corrected chi connectivity index (χ0v) is 10.5. The lowest BCUT2D eigenvalue weighted by Crippen LogP contribution is -2.35. The topological polar surface area (TPSA) is 28.2 Å². The maximum Gasteiger partial charge on any atom is 0.0417 e. The largest absolute Gasteiger partial charge is 0.310 e. The number of aryl methyl sites for hydroxylation is 1. The van der Waals surface area contributed by atoms with Crippen LogP contribution in [0.2, 0.25) is 0 Å². The van der Waals surface area contributed by atoms with Crippen LogP contribution in [0.1, 0.15) is 30.5 Å². The molecule has 0 saturated carbocycles. The molecule has 3 nitrogen and oxygen atoms in total. The molecule has 3 heteroatoms. The van der Waals surface area contributed by atoms with E-state index < -0.39 is 0 Å². The van der Waals surface area contributed by atoms with Crippen molar-refractivity contribution in [3.8, 4) is 0 Å². The van der Waals surface area contributed by atoms with Crippen molar-refractivity contribution in [2.24, 2.45) is 0 Å². The molecule has 0 aromatic carbocycles. The van der Waals surface area contributed by atoms with Gasteiger partial charge in [0.2, 0.25) is 0 Å². The molecule has 0 radical (unpaired) electrons. The van der Waals surface area contributed by atoms with E-state index in [0.717, 1.165) is 18.6 Å². The van der Waals surface area contributed by atoms with Gasteiger partial charge in [-0.2, -0.15) is 0 Å². The summed E-state index contributed by atoms with van der Waals surface area (Å²) in [4.78, 5) is 6.96. The molecule has 3 rings (SSSR count). The number of fused-ring (bicyclic) bond motifs is 2. The Hall–Kier alpha value is -0.930. The lowest BCUT2D eigenvalue weighted by molar-refractivity contribution is 0.250. The Balaban J connectivity index is 1.67. The Labute approximate surface area is 103 Å². The lowest BCUT2D eigenvalue weighted by Gasteiger charge is -2.24. The first-order valence-electron chi connectivity index (χ1n) is 6.70. The predicted molar refractivity (Wildman–Crippen MR) is 68.8 cm³/mol. The van der Waals surface area contributed by atoms with E-state index in [1.54, 1.807) is 0 Å². The van der Waals surface area contributed by atoms with Gasteiger partial charge in [-0.05, 0) is 37.8 Å². The molecule has 2 saturated heterocycles. The molecule has 0 aliphatic carbocycles. The number of rotatable bonds is 2. The first kappa shape index (κ1) is 11.2. The Bertz CT molecular complexity index is 391. The number of aromatic nitrogens is 1. The third kappa shape index (κ3) is 2.50. The molecule has 92 valence electrons. The highest BCUT2D eigenvalue weighted by Gasteiger charge is 2.29. The number of hydrogen-bond acceptors (Lipinski definition) is 3. The van der Waals surface area contributed by atoms with Crippen molar-refractivity contribution in [1.82, 2.24) is 15.2 Å². The van der Waals surface area contributed by atoms with Crippen molar-refractivity contribution in [1.29, 1.82) is 0 Å². The Morgan fingerprint density at radius 1 is 1.35 bits per heavy atom. The maximum absolute atomic E-state index is 4.37. The fraction of sp³-hybridized carbons (Fsp3) is 0.643. The second-order valence-electron chi connectivity index (χ2n) is 5.41. The van der Waals surface area contributed by atoms with Crippen LogP contribution in [0, 0.1) is 6.92 Å². The van der Waals surface area contributed by atoms with E-state index in [9.17, 15) is 0 Å². The highest BCUT2D eigenvalue weighted by Crippen LogP contribution is 2.21. The Morgan fingerprint density at radius 3 is 3.12 bits per heavy atom. The normalized spacial score (nSPS) is 29.2. The minimum atomic E-state index is 0.722. The highest BCUT2D eigenvalue weighted by atomic mass is 15.2. The van der Waals surface area contributed by atoms with Gasteiger partial charge in [0.15, 0.2) is 0 Å². The van der Waals surface area contributed by atoms with Gasteiger partial charge >= 0.3 is 0 Å². The molecule has 2 unspecified atom stereocenters. The van der Waals surface area contributed by atoms with Crippen LogP contribution in [0.3, 0.4) is 0 Å². The van der Waals surface area contributed by atoms with Crippen LogP contribution in [0.5, 0.6) is 0 Å². The summed E-state index contributed by atoms with van der Waals surface area (Å²) in [7, 11) is 0. The first-order chi connectivity index (χ1) is 8.31. The monoisotopic (exact) mass is 231 g/mol. The molecule has 2 aliphatic heterocycles. The molecule has 0 spiro atoms. The molecule has 17 heavy (non-hydrogen) atoms. The molecule has 2 atom stereocenters. The number of likely N-dealkylation sites (tertiary alicyclic amines) is 1. The SMILES string of the molecule is Cc1ncccc1CN1CCC2CCC(C1)N2. The summed E-state index contributed by atoms with van der Waals surface area (Å²) in [6.45, 7) is 5.59. The zero-order valence-electron chi connectivity index (χ0n) is 10.5. The van der Waals surface area contributed by atoms with Crippen LogP contribution >= 0.6 is 0 Å². The minimum Gasteiger partial charge on any atom is -0.310 e. The van der Waals surface area contributed by atoms with E-state index in [-0.39, 0.29) is 0 Å². The average molecular weight is 231 g/mol. The number of nitrogens with zero attached hydrogens (tertiary/aromatic N) is 2. The number of pyridine rings is 1. The van der Waals surface area contributed by atoms with Crippen LogP contribution < -0.4 is 5.32 Å². The Kier molecular flexibility index (Phi) is 3.12. The zero-order chi connectivity index (χ0) is 11.7. The van der Waals surface area contributed by atoms with Crippen molar-refractivity contribution in [3.05, 3.63) is 29.6 Å².